The largest absolute Gasteiger partial charge is 0.462 e. The van der Waals surface area contributed by atoms with Crippen molar-refractivity contribution >= 4 is 11.9 Å². The summed E-state index contributed by atoms with van der Waals surface area (Å²) >= 11 is 0. The molecule has 0 saturated heterocycles. The van der Waals surface area contributed by atoms with Gasteiger partial charge in [0, 0.05) is 0 Å². The molecule has 0 aromatic carbocycles. The van der Waals surface area contributed by atoms with Crippen LogP contribution in [0.5, 0.6) is 0 Å². The topological polar surface area (TPSA) is 77.5 Å². The van der Waals surface area contributed by atoms with Crippen LogP contribution in [0.3, 0.4) is 0 Å². The predicted octanol–water partition coefficient (Wildman–Crippen LogP) is 2.65. The molecule has 0 aliphatic rings. The summed E-state index contributed by atoms with van der Waals surface area (Å²) in [7, 11) is 7.16. The van der Waals surface area contributed by atoms with E-state index in [1.165, 1.54) is 25.7 Å². The van der Waals surface area contributed by atoms with Crippen LogP contribution in [0.2, 0.25) is 0 Å². The smallest absolute Gasteiger partial charge is 0.324 e. The molecule has 0 aliphatic heterocycles. The zero-order valence-corrected chi connectivity index (χ0v) is 19.3. The fourth-order valence-corrected chi connectivity index (χ4v) is 2.47. The molecule has 0 aromatic heterocycles. The molecular formula is C21H42N2O6. The Bertz CT molecular complexity index is 431. The van der Waals surface area contributed by atoms with Crippen LogP contribution in [0.4, 0.5) is 0 Å². The first-order valence-electron chi connectivity index (χ1n) is 10.7. The molecule has 29 heavy (non-hydrogen) atoms. The van der Waals surface area contributed by atoms with Gasteiger partial charge in [-0.25, -0.2) is 0 Å². The Morgan fingerprint density at radius 1 is 0.828 bits per heavy atom. The molecule has 0 heterocycles. The highest BCUT2D eigenvalue weighted by Crippen LogP contribution is 2.10. The highest BCUT2D eigenvalue weighted by atomic mass is 16.9. The molecule has 0 amide bonds. The minimum atomic E-state index is -1.10. The summed E-state index contributed by atoms with van der Waals surface area (Å²) in [5, 5.41) is 0. The molecule has 0 aliphatic carbocycles. The first-order valence-corrected chi connectivity index (χ1v) is 10.7. The normalized spacial score (nSPS) is 13.5. The van der Waals surface area contributed by atoms with E-state index in [9.17, 15) is 9.59 Å². The summed E-state index contributed by atoms with van der Waals surface area (Å²) in [5.74, 6) is -0.756. The number of esters is 2. The summed E-state index contributed by atoms with van der Waals surface area (Å²) in [6, 6.07) is 0. The third-order valence-corrected chi connectivity index (χ3v) is 4.06. The summed E-state index contributed by atoms with van der Waals surface area (Å²) in [5.41, 5.74) is 0. The molecule has 172 valence electrons. The second-order valence-corrected chi connectivity index (χ2v) is 7.74. The number of hydrogen-bond donors (Lipinski definition) is 0. The number of ether oxygens (including phenoxy) is 4. The van der Waals surface area contributed by atoms with E-state index in [0.29, 0.717) is 13.0 Å². The van der Waals surface area contributed by atoms with Crippen molar-refractivity contribution in [1.82, 2.24) is 9.80 Å². The molecule has 0 unspecified atom stereocenters. The van der Waals surface area contributed by atoms with Gasteiger partial charge in [-0.2, -0.15) is 0 Å². The van der Waals surface area contributed by atoms with Crippen molar-refractivity contribution in [1.29, 1.82) is 0 Å². The molecule has 0 fully saturated rings. The fourth-order valence-electron chi connectivity index (χ4n) is 2.47. The molecule has 0 aromatic rings. The van der Waals surface area contributed by atoms with E-state index in [-0.39, 0.29) is 25.7 Å². The molecule has 0 radical (unpaired) electrons. The van der Waals surface area contributed by atoms with Crippen molar-refractivity contribution in [3.05, 3.63) is 0 Å². The zero-order chi connectivity index (χ0) is 22.1. The SMILES string of the molecule is CCCCCCCCO[C@H](OC(=O)CN(C)C)O[C@@H](CC)COC(=O)CN(C)C. The van der Waals surface area contributed by atoms with E-state index in [1.807, 2.05) is 6.92 Å². The van der Waals surface area contributed by atoms with Crippen molar-refractivity contribution in [2.45, 2.75) is 71.4 Å². The van der Waals surface area contributed by atoms with Gasteiger partial charge in [0.2, 0.25) is 0 Å². The van der Waals surface area contributed by atoms with Crippen LogP contribution in [0.1, 0.15) is 58.8 Å². The molecule has 0 bridgehead atoms. The molecular weight excluding hydrogens is 376 g/mol. The van der Waals surface area contributed by atoms with E-state index in [0.717, 1.165) is 12.8 Å². The minimum absolute atomic E-state index is 0.0886. The molecule has 8 nitrogen and oxygen atoms in total. The van der Waals surface area contributed by atoms with Gasteiger partial charge in [0.15, 0.2) is 0 Å². The van der Waals surface area contributed by atoms with Gasteiger partial charge in [0.05, 0.1) is 25.8 Å². The van der Waals surface area contributed by atoms with Gasteiger partial charge in [-0.1, -0.05) is 46.0 Å². The quantitative estimate of drug-likeness (QED) is 0.191. The standard InChI is InChI=1S/C21H42N2O6/c1-7-9-10-11-12-13-14-26-21(29-20(25)16-23(5)6)28-18(8-2)17-27-19(24)15-22(3)4/h18,21H,7-17H2,1-6H3/t18-,21-/m0/s1. The summed E-state index contributed by atoms with van der Waals surface area (Å²) in [6.07, 6.45) is 6.99. The number of nitrogens with zero attached hydrogens (tertiary/aromatic N) is 2. The molecule has 0 spiro atoms. The number of carbonyl (C=O) groups excluding carboxylic acids is 2. The number of carbonyl (C=O) groups is 2. The van der Waals surface area contributed by atoms with Crippen molar-refractivity contribution in [2.75, 3.05) is 54.5 Å². The fraction of sp³-hybridized carbons (Fsp3) is 0.905. The third-order valence-electron chi connectivity index (χ3n) is 4.06. The highest BCUT2D eigenvalue weighted by Gasteiger charge is 2.22. The van der Waals surface area contributed by atoms with Crippen molar-refractivity contribution in [2.24, 2.45) is 0 Å². The van der Waals surface area contributed by atoms with Crippen LogP contribution >= 0.6 is 0 Å². The zero-order valence-electron chi connectivity index (χ0n) is 19.3. The maximum Gasteiger partial charge on any atom is 0.324 e. The maximum absolute atomic E-state index is 12.0. The molecule has 0 saturated carbocycles. The van der Waals surface area contributed by atoms with Gasteiger partial charge in [-0.15, -0.1) is 0 Å². The second-order valence-electron chi connectivity index (χ2n) is 7.74. The Kier molecular flexibility index (Phi) is 16.9. The van der Waals surface area contributed by atoms with E-state index in [1.54, 1.807) is 38.0 Å². The maximum atomic E-state index is 12.0. The Hall–Kier alpha value is -1.22. The van der Waals surface area contributed by atoms with Gasteiger partial charge >= 0.3 is 18.4 Å². The first-order chi connectivity index (χ1) is 13.8. The number of rotatable bonds is 18. The third kappa shape index (κ3) is 17.4. The average molecular weight is 419 g/mol. The average Bonchev–Trinajstić information content (AvgIpc) is 2.62. The van der Waals surface area contributed by atoms with Crippen LogP contribution in [0, 0.1) is 0 Å². The van der Waals surface area contributed by atoms with E-state index < -0.39 is 18.5 Å². The summed E-state index contributed by atoms with van der Waals surface area (Å²) in [6.45, 7) is 3.87. The highest BCUT2D eigenvalue weighted by molar-refractivity contribution is 5.71. The lowest BCUT2D eigenvalue weighted by atomic mass is 10.1. The lowest BCUT2D eigenvalue weighted by Crippen LogP contribution is -2.35. The van der Waals surface area contributed by atoms with Crippen LogP contribution in [-0.2, 0) is 28.5 Å². The molecule has 8 heteroatoms. The second kappa shape index (κ2) is 17.6. The Morgan fingerprint density at radius 2 is 1.41 bits per heavy atom. The predicted molar refractivity (Wildman–Crippen MR) is 112 cm³/mol. The van der Waals surface area contributed by atoms with Crippen LogP contribution < -0.4 is 0 Å². The van der Waals surface area contributed by atoms with Crippen molar-refractivity contribution in [3.8, 4) is 0 Å². The van der Waals surface area contributed by atoms with Crippen LogP contribution in [0.15, 0.2) is 0 Å². The van der Waals surface area contributed by atoms with Gasteiger partial charge < -0.3 is 18.9 Å². The summed E-state index contributed by atoms with van der Waals surface area (Å²) < 4.78 is 22.0. The monoisotopic (exact) mass is 418 g/mol. The molecule has 0 rings (SSSR count). The first kappa shape index (κ1) is 27.8. The number of unbranched alkanes of at least 4 members (excludes halogenated alkanes) is 5. The number of hydrogen-bond acceptors (Lipinski definition) is 8. The van der Waals surface area contributed by atoms with Gasteiger partial charge in [-0.3, -0.25) is 19.4 Å². The van der Waals surface area contributed by atoms with Crippen molar-refractivity contribution < 1.29 is 28.5 Å². The van der Waals surface area contributed by atoms with Gasteiger partial charge in [-0.05, 0) is 41.0 Å². The van der Waals surface area contributed by atoms with E-state index in [4.69, 9.17) is 18.9 Å². The Balaban J connectivity index is 4.51. The van der Waals surface area contributed by atoms with E-state index in [2.05, 4.69) is 6.92 Å². The Labute approximate surface area is 176 Å². The van der Waals surface area contributed by atoms with Crippen LogP contribution in [0.25, 0.3) is 0 Å². The molecule has 0 N–H and O–H groups in total. The van der Waals surface area contributed by atoms with E-state index >= 15 is 0 Å². The van der Waals surface area contributed by atoms with Gasteiger partial charge in [0.25, 0.3) is 0 Å². The number of likely N-dealkylation sites (N-methyl/N-ethyl adjacent to an activating group) is 2. The van der Waals surface area contributed by atoms with Crippen LogP contribution in [-0.4, -0.2) is 88.8 Å². The van der Waals surface area contributed by atoms with Crippen molar-refractivity contribution in [3.63, 3.8) is 0 Å². The van der Waals surface area contributed by atoms with Gasteiger partial charge in [0.1, 0.15) is 6.61 Å². The summed E-state index contributed by atoms with van der Waals surface area (Å²) in [4.78, 5) is 27.2. The lowest BCUT2D eigenvalue weighted by molar-refractivity contribution is -0.295. The molecule has 2 atom stereocenters. The Morgan fingerprint density at radius 3 is 2.00 bits per heavy atom. The minimum Gasteiger partial charge on any atom is -0.462 e. The lowest BCUT2D eigenvalue weighted by Gasteiger charge is -2.24.